The van der Waals surface area contributed by atoms with Crippen LogP contribution >= 0.6 is 11.6 Å². The summed E-state index contributed by atoms with van der Waals surface area (Å²) < 4.78 is 44.6. The first kappa shape index (κ1) is 18.7. The standard InChI is InChI=1S/C19H17ClF3N3O2/c20-11-8-14-16(9-12(11)24)28-15-6-2-1-4-10(15)17-13(5-3-7-26(14)17)25-18(27)19(21,22)23/h1-2,4,6,8-9,13,17H,3,5,7,24H2,(H,25,27)/t13-,17+/m1/s1. The number of nitrogens with zero attached hydrogens (tertiary/aromatic N) is 1. The number of halogens is 4. The summed E-state index contributed by atoms with van der Waals surface area (Å²) in [7, 11) is 0. The topological polar surface area (TPSA) is 67.6 Å². The minimum Gasteiger partial charge on any atom is -0.455 e. The minimum atomic E-state index is -4.95. The molecule has 0 unspecified atom stereocenters. The molecule has 0 saturated carbocycles. The summed E-state index contributed by atoms with van der Waals surface area (Å²) in [5, 5.41) is 2.49. The van der Waals surface area contributed by atoms with Crippen molar-refractivity contribution in [2.24, 2.45) is 0 Å². The molecule has 2 aliphatic rings. The molecule has 2 heterocycles. The molecule has 28 heavy (non-hydrogen) atoms. The van der Waals surface area contributed by atoms with Gasteiger partial charge in [-0.15, -0.1) is 0 Å². The Balaban J connectivity index is 1.83. The van der Waals surface area contributed by atoms with Crippen molar-refractivity contribution < 1.29 is 22.7 Å². The van der Waals surface area contributed by atoms with Gasteiger partial charge in [-0.05, 0) is 25.0 Å². The van der Waals surface area contributed by atoms with E-state index < -0.39 is 24.2 Å². The van der Waals surface area contributed by atoms with Crippen LogP contribution in [0.2, 0.25) is 5.02 Å². The molecule has 0 spiro atoms. The Morgan fingerprint density at radius 1 is 1.25 bits per heavy atom. The number of nitrogens with one attached hydrogen (secondary N) is 1. The van der Waals surface area contributed by atoms with Crippen LogP contribution in [0.15, 0.2) is 36.4 Å². The Labute approximate surface area is 164 Å². The highest BCUT2D eigenvalue weighted by Gasteiger charge is 2.44. The number of anilines is 2. The van der Waals surface area contributed by atoms with Gasteiger partial charge in [0, 0.05) is 18.2 Å². The molecule has 1 saturated heterocycles. The number of benzene rings is 2. The molecule has 2 atom stereocenters. The average Bonchev–Trinajstić information content (AvgIpc) is 2.77. The molecule has 1 fully saturated rings. The highest BCUT2D eigenvalue weighted by Crippen LogP contribution is 2.49. The fourth-order valence-electron chi connectivity index (χ4n) is 3.85. The molecule has 3 N–H and O–H groups in total. The van der Waals surface area contributed by atoms with Crippen molar-refractivity contribution in [2.75, 3.05) is 17.2 Å². The van der Waals surface area contributed by atoms with E-state index in [-0.39, 0.29) is 0 Å². The maximum atomic E-state index is 12.9. The number of fused-ring (bicyclic) bond motifs is 5. The summed E-state index contributed by atoms with van der Waals surface area (Å²) in [5.41, 5.74) is 7.58. The van der Waals surface area contributed by atoms with Crippen molar-refractivity contribution in [3.8, 4) is 11.5 Å². The second kappa shape index (κ2) is 6.77. The third-order valence-electron chi connectivity index (χ3n) is 5.05. The van der Waals surface area contributed by atoms with E-state index in [1.807, 2.05) is 4.90 Å². The zero-order valence-electron chi connectivity index (χ0n) is 14.6. The maximum Gasteiger partial charge on any atom is 0.471 e. The van der Waals surface area contributed by atoms with E-state index in [1.165, 1.54) is 0 Å². The van der Waals surface area contributed by atoms with Crippen LogP contribution in [-0.2, 0) is 4.79 Å². The lowest BCUT2D eigenvalue weighted by molar-refractivity contribution is -0.174. The third kappa shape index (κ3) is 3.22. The first-order chi connectivity index (χ1) is 13.3. The van der Waals surface area contributed by atoms with Gasteiger partial charge in [-0.25, -0.2) is 0 Å². The molecule has 4 rings (SSSR count). The number of amides is 1. The summed E-state index contributed by atoms with van der Waals surface area (Å²) >= 11 is 6.20. The van der Waals surface area contributed by atoms with Gasteiger partial charge in [-0.3, -0.25) is 4.79 Å². The molecular weight excluding hydrogens is 395 g/mol. The van der Waals surface area contributed by atoms with Crippen molar-refractivity contribution in [2.45, 2.75) is 31.1 Å². The van der Waals surface area contributed by atoms with E-state index in [1.54, 1.807) is 36.4 Å². The van der Waals surface area contributed by atoms with Gasteiger partial charge in [-0.2, -0.15) is 13.2 Å². The molecule has 0 aromatic heterocycles. The van der Waals surface area contributed by atoms with Crippen LogP contribution in [0.3, 0.4) is 0 Å². The zero-order valence-corrected chi connectivity index (χ0v) is 15.3. The monoisotopic (exact) mass is 411 g/mol. The lowest BCUT2D eigenvalue weighted by Crippen LogP contribution is -2.52. The Bertz CT molecular complexity index is 935. The highest BCUT2D eigenvalue weighted by atomic mass is 35.5. The van der Waals surface area contributed by atoms with Crippen molar-refractivity contribution in [3.63, 3.8) is 0 Å². The van der Waals surface area contributed by atoms with E-state index in [0.29, 0.717) is 52.8 Å². The van der Waals surface area contributed by atoms with Gasteiger partial charge in [0.05, 0.1) is 28.5 Å². The zero-order chi connectivity index (χ0) is 20.1. The van der Waals surface area contributed by atoms with Crippen LogP contribution in [0, 0.1) is 0 Å². The number of nitrogen functional groups attached to an aromatic ring is 1. The first-order valence-corrected chi connectivity index (χ1v) is 9.13. The van der Waals surface area contributed by atoms with Gasteiger partial charge in [-0.1, -0.05) is 29.8 Å². The molecule has 1 amide bonds. The van der Waals surface area contributed by atoms with Crippen LogP contribution in [-0.4, -0.2) is 24.7 Å². The molecule has 0 bridgehead atoms. The average molecular weight is 412 g/mol. The number of carbonyl (C=O) groups excluding carboxylic acids is 1. The van der Waals surface area contributed by atoms with Gasteiger partial charge in [0.15, 0.2) is 5.75 Å². The fourth-order valence-corrected chi connectivity index (χ4v) is 4.01. The lowest BCUT2D eigenvalue weighted by atomic mass is 9.89. The summed E-state index contributed by atoms with van der Waals surface area (Å²) in [4.78, 5) is 13.6. The van der Waals surface area contributed by atoms with Crippen LogP contribution in [0.4, 0.5) is 24.5 Å². The molecule has 148 valence electrons. The Morgan fingerprint density at radius 2 is 2.00 bits per heavy atom. The Morgan fingerprint density at radius 3 is 2.75 bits per heavy atom. The van der Waals surface area contributed by atoms with Crippen LogP contribution < -0.4 is 20.7 Å². The molecule has 0 aliphatic carbocycles. The molecule has 5 nitrogen and oxygen atoms in total. The van der Waals surface area contributed by atoms with Gasteiger partial charge in [0.25, 0.3) is 0 Å². The van der Waals surface area contributed by atoms with Crippen LogP contribution in [0.1, 0.15) is 24.4 Å². The van der Waals surface area contributed by atoms with E-state index in [4.69, 9.17) is 22.1 Å². The molecule has 0 radical (unpaired) electrons. The van der Waals surface area contributed by atoms with Gasteiger partial charge in [0.1, 0.15) is 5.75 Å². The SMILES string of the molecule is Nc1cc2c(cc1Cl)N1CCC[C@@H](NC(=O)C(F)(F)F)[C@@H]1c1ccccc1O2. The fraction of sp³-hybridized carbons (Fsp3) is 0.316. The number of rotatable bonds is 1. The molecule has 9 heteroatoms. The first-order valence-electron chi connectivity index (χ1n) is 8.76. The maximum absolute atomic E-state index is 12.9. The summed E-state index contributed by atoms with van der Waals surface area (Å²) in [6.45, 7) is 0.577. The normalized spacial score (nSPS) is 20.9. The predicted octanol–water partition coefficient (Wildman–Crippen LogP) is 4.42. The number of hydrogen-bond donors (Lipinski definition) is 2. The summed E-state index contributed by atoms with van der Waals surface area (Å²) in [6, 6.07) is 9.08. The van der Waals surface area contributed by atoms with E-state index in [0.717, 1.165) is 0 Å². The molecule has 2 aliphatic heterocycles. The number of alkyl halides is 3. The highest BCUT2D eigenvalue weighted by molar-refractivity contribution is 6.33. The number of ether oxygens (including phenoxy) is 1. The molecule has 2 aromatic carbocycles. The predicted molar refractivity (Wildman–Crippen MR) is 99.7 cm³/mol. The van der Waals surface area contributed by atoms with E-state index in [2.05, 4.69) is 5.32 Å². The van der Waals surface area contributed by atoms with E-state index >= 15 is 0 Å². The molecule has 2 aromatic rings. The second-order valence-corrected chi connectivity index (χ2v) is 7.25. The van der Waals surface area contributed by atoms with Crippen LogP contribution in [0.5, 0.6) is 11.5 Å². The number of piperidine rings is 1. The lowest BCUT2D eigenvalue weighted by Gasteiger charge is -2.42. The third-order valence-corrected chi connectivity index (χ3v) is 5.38. The van der Waals surface area contributed by atoms with Gasteiger partial charge < -0.3 is 20.7 Å². The number of carbonyl (C=O) groups is 1. The second-order valence-electron chi connectivity index (χ2n) is 6.84. The largest absolute Gasteiger partial charge is 0.471 e. The smallest absolute Gasteiger partial charge is 0.455 e. The van der Waals surface area contributed by atoms with Crippen molar-refractivity contribution >= 4 is 28.9 Å². The van der Waals surface area contributed by atoms with Crippen LogP contribution in [0.25, 0.3) is 0 Å². The van der Waals surface area contributed by atoms with Gasteiger partial charge >= 0.3 is 12.1 Å². The number of para-hydroxylation sites is 1. The Hall–Kier alpha value is -2.61. The number of hydrogen-bond acceptors (Lipinski definition) is 4. The van der Waals surface area contributed by atoms with Crippen molar-refractivity contribution in [1.82, 2.24) is 5.32 Å². The van der Waals surface area contributed by atoms with Gasteiger partial charge in [0.2, 0.25) is 0 Å². The number of nitrogens with two attached hydrogens (primary N) is 1. The molecular formula is C19H17ClF3N3O2. The van der Waals surface area contributed by atoms with Crippen molar-refractivity contribution in [1.29, 1.82) is 0 Å². The van der Waals surface area contributed by atoms with E-state index in [9.17, 15) is 18.0 Å². The van der Waals surface area contributed by atoms with Crippen molar-refractivity contribution in [3.05, 3.63) is 47.0 Å². The minimum absolute atomic E-state index is 0.327. The summed E-state index contributed by atoms with van der Waals surface area (Å²) in [6.07, 6.45) is -3.93. The Kier molecular flexibility index (Phi) is 4.53. The quantitative estimate of drug-likeness (QED) is 0.682. The summed E-state index contributed by atoms with van der Waals surface area (Å²) in [5.74, 6) is -0.969.